The summed E-state index contributed by atoms with van der Waals surface area (Å²) in [7, 11) is -0.906. The van der Waals surface area contributed by atoms with E-state index in [1.807, 2.05) is 4.90 Å². The van der Waals surface area contributed by atoms with E-state index in [9.17, 15) is 18.0 Å². The molecule has 0 bridgehead atoms. The highest BCUT2D eigenvalue weighted by molar-refractivity contribution is 7.89. The number of ether oxygens (including phenoxy) is 1. The van der Waals surface area contributed by atoms with E-state index in [1.54, 1.807) is 30.3 Å². The van der Waals surface area contributed by atoms with E-state index in [2.05, 4.69) is 5.32 Å². The molecule has 1 heterocycles. The van der Waals surface area contributed by atoms with Crippen molar-refractivity contribution >= 4 is 44.9 Å². The predicted octanol–water partition coefficient (Wildman–Crippen LogP) is 3.37. The molecule has 1 aliphatic rings. The highest BCUT2D eigenvalue weighted by Gasteiger charge is 2.27. The lowest BCUT2D eigenvalue weighted by atomic mass is 10.1. The van der Waals surface area contributed by atoms with Crippen LogP contribution in [0.15, 0.2) is 47.4 Å². The van der Waals surface area contributed by atoms with Gasteiger partial charge in [-0.1, -0.05) is 17.7 Å². The smallest absolute Gasteiger partial charge is 0.341 e. The Hall–Kier alpha value is -2.62. The van der Waals surface area contributed by atoms with Crippen molar-refractivity contribution in [3.63, 3.8) is 0 Å². The van der Waals surface area contributed by atoms with Crippen LogP contribution in [-0.4, -0.2) is 57.9 Å². The van der Waals surface area contributed by atoms with Crippen molar-refractivity contribution in [3.05, 3.63) is 53.1 Å². The van der Waals surface area contributed by atoms with E-state index in [0.29, 0.717) is 16.4 Å². The molecule has 0 aliphatic carbocycles. The van der Waals surface area contributed by atoms with Gasteiger partial charge in [-0.15, -0.1) is 0 Å². The van der Waals surface area contributed by atoms with E-state index in [4.69, 9.17) is 16.3 Å². The average Bonchev–Trinajstić information content (AvgIpc) is 3.27. The molecule has 0 spiro atoms. The Bertz CT molecular complexity index is 1110. The molecule has 8 nitrogen and oxygen atoms in total. The molecular formula is C22H26ClN3O5S. The summed E-state index contributed by atoms with van der Waals surface area (Å²) in [6.07, 6.45) is 0.844. The summed E-state index contributed by atoms with van der Waals surface area (Å²) in [5.74, 6) is -1.29. The van der Waals surface area contributed by atoms with Gasteiger partial charge in [0.25, 0.3) is 5.91 Å². The first-order chi connectivity index (χ1) is 15.1. The number of esters is 1. The van der Waals surface area contributed by atoms with Crippen LogP contribution in [0.4, 0.5) is 11.4 Å². The van der Waals surface area contributed by atoms with Crippen LogP contribution in [0.2, 0.25) is 5.02 Å². The summed E-state index contributed by atoms with van der Waals surface area (Å²) in [4.78, 5) is 27.5. The van der Waals surface area contributed by atoms with Crippen LogP contribution in [-0.2, 0) is 19.6 Å². The SMILES string of the molecule is C[C@@H](OC(=O)c1cc(S(=O)(=O)N(C)C)ccc1N1CCCC1)C(=O)Nc1cccc(Cl)c1. The van der Waals surface area contributed by atoms with Crippen molar-refractivity contribution in [2.75, 3.05) is 37.4 Å². The van der Waals surface area contributed by atoms with Crippen molar-refractivity contribution in [1.82, 2.24) is 4.31 Å². The summed E-state index contributed by atoms with van der Waals surface area (Å²) >= 11 is 5.93. The molecule has 1 N–H and O–H groups in total. The standard InChI is InChI=1S/C22H26ClN3O5S/c1-15(21(27)24-17-8-6-7-16(23)13-17)31-22(28)19-14-18(32(29,30)25(2)3)9-10-20(19)26-11-4-5-12-26/h6-10,13-15H,4-5,11-12H2,1-3H3,(H,24,27)/t15-/m1/s1. The molecule has 10 heteroatoms. The molecule has 1 aliphatic heterocycles. The van der Waals surface area contributed by atoms with E-state index < -0.39 is 28.0 Å². The number of benzene rings is 2. The van der Waals surface area contributed by atoms with E-state index in [1.165, 1.54) is 33.2 Å². The van der Waals surface area contributed by atoms with Gasteiger partial charge in [-0.3, -0.25) is 4.79 Å². The first-order valence-electron chi connectivity index (χ1n) is 10.2. The van der Waals surface area contributed by atoms with Crippen LogP contribution in [0.3, 0.4) is 0 Å². The molecule has 0 radical (unpaired) electrons. The van der Waals surface area contributed by atoms with Gasteiger partial charge in [-0.2, -0.15) is 0 Å². The van der Waals surface area contributed by atoms with Crippen molar-refractivity contribution in [2.24, 2.45) is 0 Å². The van der Waals surface area contributed by atoms with Gasteiger partial charge in [0.15, 0.2) is 6.10 Å². The van der Waals surface area contributed by atoms with Crippen LogP contribution < -0.4 is 10.2 Å². The molecule has 0 unspecified atom stereocenters. The third-order valence-corrected chi connectivity index (χ3v) is 7.20. The lowest BCUT2D eigenvalue weighted by molar-refractivity contribution is -0.123. The second-order valence-corrected chi connectivity index (χ2v) is 10.3. The fraction of sp³-hybridized carbons (Fsp3) is 0.364. The molecule has 1 fully saturated rings. The molecule has 3 rings (SSSR count). The van der Waals surface area contributed by atoms with Gasteiger partial charge < -0.3 is 15.0 Å². The van der Waals surface area contributed by atoms with Crippen molar-refractivity contribution < 1.29 is 22.7 Å². The summed E-state index contributed by atoms with van der Waals surface area (Å²) in [6.45, 7) is 2.96. The topological polar surface area (TPSA) is 96.0 Å². The number of carbonyl (C=O) groups is 2. The van der Waals surface area contributed by atoms with E-state index >= 15 is 0 Å². The zero-order chi connectivity index (χ0) is 23.5. The van der Waals surface area contributed by atoms with Gasteiger partial charge in [0.2, 0.25) is 10.0 Å². The maximum absolute atomic E-state index is 13.0. The number of amides is 1. The number of nitrogens with one attached hydrogen (secondary N) is 1. The third-order valence-electron chi connectivity index (χ3n) is 5.16. The van der Waals surface area contributed by atoms with Crippen molar-refractivity contribution in [3.8, 4) is 0 Å². The molecular weight excluding hydrogens is 454 g/mol. The minimum Gasteiger partial charge on any atom is -0.449 e. The fourth-order valence-corrected chi connectivity index (χ4v) is 4.49. The summed E-state index contributed by atoms with van der Waals surface area (Å²) in [6, 6.07) is 11.0. The highest BCUT2D eigenvalue weighted by Crippen LogP contribution is 2.29. The molecule has 1 atom stereocenters. The zero-order valence-corrected chi connectivity index (χ0v) is 19.7. The van der Waals surface area contributed by atoms with Crippen molar-refractivity contribution in [1.29, 1.82) is 0 Å². The second-order valence-electron chi connectivity index (χ2n) is 7.71. The number of hydrogen-bond donors (Lipinski definition) is 1. The van der Waals surface area contributed by atoms with Crippen LogP contribution in [0, 0.1) is 0 Å². The number of carbonyl (C=O) groups excluding carboxylic acids is 2. The first kappa shape index (κ1) is 24.0. The van der Waals surface area contributed by atoms with E-state index in [-0.39, 0.29) is 10.5 Å². The number of halogens is 1. The predicted molar refractivity (Wildman–Crippen MR) is 124 cm³/mol. The minimum absolute atomic E-state index is 0.0200. The Balaban J connectivity index is 1.85. The number of rotatable bonds is 7. The maximum Gasteiger partial charge on any atom is 0.341 e. The summed E-state index contributed by atoms with van der Waals surface area (Å²) < 4.78 is 31.7. The van der Waals surface area contributed by atoms with Crippen LogP contribution >= 0.6 is 11.6 Å². The van der Waals surface area contributed by atoms with Gasteiger partial charge in [0, 0.05) is 37.9 Å². The molecule has 0 saturated carbocycles. The normalized spacial score (nSPS) is 15.0. The second kappa shape index (κ2) is 9.89. The van der Waals surface area contributed by atoms with E-state index in [0.717, 1.165) is 30.2 Å². The summed E-state index contributed by atoms with van der Waals surface area (Å²) in [5, 5.41) is 3.11. The lowest BCUT2D eigenvalue weighted by Gasteiger charge is -2.23. The Morgan fingerprint density at radius 2 is 1.81 bits per heavy atom. The summed E-state index contributed by atoms with van der Waals surface area (Å²) in [5.41, 5.74) is 1.17. The number of nitrogens with zero attached hydrogens (tertiary/aromatic N) is 2. The Labute approximate surface area is 193 Å². The monoisotopic (exact) mass is 479 g/mol. The van der Waals surface area contributed by atoms with Crippen molar-refractivity contribution in [2.45, 2.75) is 30.8 Å². The van der Waals surface area contributed by atoms with Gasteiger partial charge in [-0.25, -0.2) is 17.5 Å². The Kier molecular flexibility index (Phi) is 7.43. The molecule has 1 amide bonds. The van der Waals surface area contributed by atoms with Gasteiger partial charge >= 0.3 is 5.97 Å². The molecule has 32 heavy (non-hydrogen) atoms. The van der Waals surface area contributed by atoms with Crippen LogP contribution in [0.1, 0.15) is 30.1 Å². The first-order valence-corrected chi connectivity index (χ1v) is 12.0. The quantitative estimate of drug-likeness (QED) is 0.611. The van der Waals surface area contributed by atoms with Gasteiger partial charge in [0.1, 0.15) is 0 Å². The fourth-order valence-electron chi connectivity index (χ4n) is 3.37. The molecule has 1 saturated heterocycles. The number of sulfonamides is 1. The van der Waals surface area contributed by atoms with Crippen LogP contribution in [0.25, 0.3) is 0 Å². The molecule has 2 aromatic carbocycles. The number of anilines is 2. The zero-order valence-electron chi connectivity index (χ0n) is 18.2. The maximum atomic E-state index is 13.0. The van der Waals surface area contributed by atoms with Gasteiger partial charge in [-0.05, 0) is 56.2 Å². The third kappa shape index (κ3) is 5.40. The minimum atomic E-state index is -3.75. The Morgan fingerprint density at radius 1 is 1.12 bits per heavy atom. The highest BCUT2D eigenvalue weighted by atomic mass is 35.5. The van der Waals surface area contributed by atoms with Crippen LogP contribution in [0.5, 0.6) is 0 Å². The molecule has 2 aromatic rings. The average molecular weight is 480 g/mol. The number of hydrogen-bond acceptors (Lipinski definition) is 6. The largest absolute Gasteiger partial charge is 0.449 e. The lowest BCUT2D eigenvalue weighted by Crippen LogP contribution is -2.31. The van der Waals surface area contributed by atoms with Gasteiger partial charge in [0.05, 0.1) is 16.1 Å². The Morgan fingerprint density at radius 3 is 2.44 bits per heavy atom. The molecule has 0 aromatic heterocycles. The molecule has 172 valence electrons.